The quantitative estimate of drug-likeness (QED) is 0.820. The van der Waals surface area contributed by atoms with Crippen molar-refractivity contribution in [2.45, 2.75) is 59.0 Å². The van der Waals surface area contributed by atoms with Crippen LogP contribution in [0.4, 0.5) is 0 Å². The summed E-state index contributed by atoms with van der Waals surface area (Å²) in [6.07, 6.45) is 9.60. The van der Waals surface area contributed by atoms with Gasteiger partial charge in [-0.2, -0.15) is 0 Å². The Labute approximate surface area is 105 Å². The maximum absolute atomic E-state index is 3.76. The van der Waals surface area contributed by atoms with Crippen molar-refractivity contribution in [3.8, 4) is 0 Å². The molecule has 0 saturated heterocycles. The molecule has 2 unspecified atom stereocenters. The zero-order valence-electron chi connectivity index (χ0n) is 11.4. The fourth-order valence-electron chi connectivity index (χ4n) is 3.13. The van der Waals surface area contributed by atoms with Gasteiger partial charge in [-0.05, 0) is 35.8 Å². The highest BCUT2D eigenvalue weighted by molar-refractivity contribution is 5.08. The van der Waals surface area contributed by atoms with E-state index in [1.165, 1.54) is 31.2 Å². The summed E-state index contributed by atoms with van der Waals surface area (Å²) in [4.78, 5) is 3.12. The smallest absolute Gasteiger partial charge is 0.0223 e. The highest BCUT2D eigenvalue weighted by Crippen LogP contribution is 2.38. The van der Waals surface area contributed by atoms with Crippen LogP contribution in [0, 0.1) is 11.3 Å². The van der Waals surface area contributed by atoms with E-state index in [-0.39, 0.29) is 0 Å². The van der Waals surface area contributed by atoms with Gasteiger partial charge in [-0.25, -0.2) is 0 Å². The minimum atomic E-state index is 0.427. The van der Waals surface area contributed by atoms with Crippen LogP contribution < -0.4 is 5.32 Å². The first-order valence-corrected chi connectivity index (χ1v) is 6.92. The van der Waals surface area contributed by atoms with Crippen molar-refractivity contribution < 1.29 is 0 Å². The first-order valence-electron chi connectivity index (χ1n) is 6.92. The van der Waals surface area contributed by atoms with Crippen LogP contribution in [0.3, 0.4) is 0 Å². The molecular weight excluding hydrogens is 208 g/mol. The maximum atomic E-state index is 3.76. The molecule has 1 heterocycles. The van der Waals surface area contributed by atoms with Crippen molar-refractivity contribution >= 4 is 0 Å². The summed E-state index contributed by atoms with van der Waals surface area (Å²) < 4.78 is 0. The van der Waals surface area contributed by atoms with Gasteiger partial charge in [0, 0.05) is 25.0 Å². The predicted molar refractivity (Wildman–Crippen MR) is 72.8 cm³/mol. The molecule has 1 saturated carbocycles. The Balaban J connectivity index is 1.92. The molecule has 1 fully saturated rings. The lowest BCUT2D eigenvalue weighted by Crippen LogP contribution is -2.43. The molecule has 2 nitrogen and oxygen atoms in total. The van der Waals surface area contributed by atoms with Crippen LogP contribution in [-0.2, 0) is 6.54 Å². The molecule has 0 spiro atoms. The Bertz CT molecular complexity index is 321. The Hall–Kier alpha value is -0.760. The second-order valence-electron chi connectivity index (χ2n) is 6.46. The van der Waals surface area contributed by atoms with Gasteiger partial charge >= 0.3 is 0 Å². The molecule has 0 amide bonds. The molecule has 17 heavy (non-hydrogen) atoms. The van der Waals surface area contributed by atoms with Crippen molar-refractivity contribution in [1.82, 2.24) is 10.3 Å². The second kappa shape index (κ2) is 5.26. The van der Waals surface area contributed by atoms with Gasteiger partial charge in [-0.15, -0.1) is 0 Å². The average molecular weight is 234 g/mol. The molecule has 1 aliphatic rings. The maximum Gasteiger partial charge on any atom is 0.0223 e. The van der Waals surface area contributed by atoms with Gasteiger partial charge in [0.2, 0.25) is 0 Å². The van der Waals surface area contributed by atoms with E-state index in [4.69, 9.17) is 0 Å². The average Bonchev–Trinajstić information content (AvgIpc) is 2.78. The Morgan fingerprint density at radius 2 is 2.06 bits per heavy atom. The molecule has 2 heteroatoms. The normalized spacial score (nSPS) is 26.1. The SMILES string of the molecule is CC(C)(C)C1CCCCC1NCc1cc[nH]c1. The van der Waals surface area contributed by atoms with Crippen LogP contribution in [0.25, 0.3) is 0 Å². The number of nitrogens with one attached hydrogen (secondary N) is 2. The third kappa shape index (κ3) is 3.35. The van der Waals surface area contributed by atoms with Crippen molar-refractivity contribution in [1.29, 1.82) is 0 Å². The lowest BCUT2D eigenvalue weighted by atomic mass is 9.69. The summed E-state index contributed by atoms with van der Waals surface area (Å²) in [6.45, 7) is 8.15. The molecular formula is C15H26N2. The first-order chi connectivity index (χ1) is 8.07. The third-order valence-electron chi connectivity index (χ3n) is 4.11. The van der Waals surface area contributed by atoms with Crippen molar-refractivity contribution in [2.75, 3.05) is 0 Å². The van der Waals surface area contributed by atoms with Crippen molar-refractivity contribution in [2.24, 2.45) is 11.3 Å². The fourth-order valence-corrected chi connectivity index (χ4v) is 3.13. The van der Waals surface area contributed by atoms with Crippen LogP contribution >= 0.6 is 0 Å². The van der Waals surface area contributed by atoms with Crippen LogP contribution in [0.1, 0.15) is 52.0 Å². The summed E-state index contributed by atoms with van der Waals surface area (Å²) in [5.41, 5.74) is 1.79. The summed E-state index contributed by atoms with van der Waals surface area (Å²) in [7, 11) is 0. The highest BCUT2D eigenvalue weighted by Gasteiger charge is 2.33. The van der Waals surface area contributed by atoms with Gasteiger partial charge in [0.1, 0.15) is 0 Å². The zero-order chi connectivity index (χ0) is 12.3. The number of H-pyrrole nitrogens is 1. The fraction of sp³-hybridized carbons (Fsp3) is 0.733. The van der Waals surface area contributed by atoms with E-state index in [0.717, 1.165) is 12.5 Å². The van der Waals surface area contributed by atoms with E-state index in [2.05, 4.69) is 43.3 Å². The number of hydrogen-bond acceptors (Lipinski definition) is 1. The predicted octanol–water partition coefficient (Wildman–Crippen LogP) is 3.71. The molecule has 0 aromatic carbocycles. The van der Waals surface area contributed by atoms with Gasteiger partial charge in [-0.1, -0.05) is 33.6 Å². The van der Waals surface area contributed by atoms with Crippen LogP contribution in [-0.4, -0.2) is 11.0 Å². The molecule has 1 aliphatic carbocycles. The van der Waals surface area contributed by atoms with Crippen LogP contribution in [0.2, 0.25) is 0 Å². The molecule has 0 bridgehead atoms. The topological polar surface area (TPSA) is 27.8 Å². The molecule has 1 aromatic heterocycles. The summed E-state index contributed by atoms with van der Waals surface area (Å²) in [6, 6.07) is 2.85. The molecule has 1 aromatic rings. The lowest BCUT2D eigenvalue weighted by molar-refractivity contribution is 0.130. The molecule has 0 radical (unpaired) electrons. The van der Waals surface area contributed by atoms with E-state index >= 15 is 0 Å². The zero-order valence-corrected chi connectivity index (χ0v) is 11.4. The van der Waals surface area contributed by atoms with Crippen molar-refractivity contribution in [3.05, 3.63) is 24.0 Å². The summed E-state index contributed by atoms with van der Waals surface area (Å²) >= 11 is 0. The molecule has 0 aliphatic heterocycles. The minimum Gasteiger partial charge on any atom is -0.367 e. The minimum absolute atomic E-state index is 0.427. The van der Waals surface area contributed by atoms with E-state index in [9.17, 15) is 0 Å². The second-order valence-corrected chi connectivity index (χ2v) is 6.46. The number of hydrogen-bond donors (Lipinski definition) is 2. The highest BCUT2D eigenvalue weighted by atomic mass is 14.9. The Kier molecular flexibility index (Phi) is 3.93. The van der Waals surface area contributed by atoms with E-state index in [1.807, 2.05) is 6.20 Å². The molecule has 2 N–H and O–H groups in total. The lowest BCUT2D eigenvalue weighted by Gasteiger charge is -2.41. The van der Waals surface area contributed by atoms with Crippen molar-refractivity contribution in [3.63, 3.8) is 0 Å². The summed E-state index contributed by atoms with van der Waals surface area (Å²) in [5, 5.41) is 3.76. The standard InChI is InChI=1S/C15H26N2/c1-15(2,3)13-6-4-5-7-14(13)17-11-12-8-9-16-10-12/h8-10,13-14,16-17H,4-7,11H2,1-3H3. The van der Waals surface area contributed by atoms with E-state index in [0.29, 0.717) is 11.5 Å². The van der Waals surface area contributed by atoms with Crippen LogP contribution in [0.15, 0.2) is 18.5 Å². The molecule has 2 atom stereocenters. The number of aromatic amines is 1. The summed E-state index contributed by atoms with van der Waals surface area (Å²) in [5.74, 6) is 0.815. The van der Waals surface area contributed by atoms with Gasteiger partial charge in [0.15, 0.2) is 0 Å². The first kappa shape index (κ1) is 12.7. The largest absolute Gasteiger partial charge is 0.367 e. The third-order valence-corrected chi connectivity index (χ3v) is 4.11. The Morgan fingerprint density at radius 1 is 1.29 bits per heavy atom. The van der Waals surface area contributed by atoms with Gasteiger partial charge in [-0.3, -0.25) is 0 Å². The van der Waals surface area contributed by atoms with E-state index in [1.54, 1.807) is 0 Å². The number of rotatable bonds is 3. The van der Waals surface area contributed by atoms with Gasteiger partial charge < -0.3 is 10.3 Å². The molecule has 96 valence electrons. The van der Waals surface area contributed by atoms with Gasteiger partial charge in [0.05, 0.1) is 0 Å². The Morgan fingerprint density at radius 3 is 2.71 bits per heavy atom. The van der Waals surface area contributed by atoms with Crippen LogP contribution in [0.5, 0.6) is 0 Å². The van der Waals surface area contributed by atoms with E-state index < -0.39 is 0 Å². The van der Waals surface area contributed by atoms with Gasteiger partial charge in [0.25, 0.3) is 0 Å². The number of aromatic nitrogens is 1. The molecule has 2 rings (SSSR count). The monoisotopic (exact) mass is 234 g/mol.